The number of amides is 1. The fourth-order valence-electron chi connectivity index (χ4n) is 1.73. The predicted octanol–water partition coefficient (Wildman–Crippen LogP) is 2.63. The molecular weight excluding hydrogens is 268 g/mol. The van der Waals surface area contributed by atoms with Crippen LogP contribution < -0.4 is 0 Å². The Morgan fingerprint density at radius 3 is 3.17 bits per heavy atom. The van der Waals surface area contributed by atoms with E-state index in [1.807, 2.05) is 6.92 Å². The van der Waals surface area contributed by atoms with E-state index >= 15 is 0 Å². The van der Waals surface area contributed by atoms with E-state index < -0.39 is 0 Å². The first-order valence-corrected chi connectivity index (χ1v) is 8.21. The molecule has 1 saturated heterocycles. The molecule has 0 aromatic carbocycles. The number of hydroxylamine groups is 2. The third-order valence-corrected chi connectivity index (χ3v) is 4.47. The molecule has 1 amide bonds. The Morgan fingerprint density at radius 2 is 2.50 bits per heavy atom. The van der Waals surface area contributed by atoms with Crippen molar-refractivity contribution in [1.82, 2.24) is 10.0 Å². The molecule has 18 heavy (non-hydrogen) atoms. The molecule has 1 aromatic heterocycles. The van der Waals surface area contributed by atoms with Gasteiger partial charge < -0.3 is 0 Å². The molecule has 4 nitrogen and oxygen atoms in total. The summed E-state index contributed by atoms with van der Waals surface area (Å²) in [4.78, 5) is 21.5. The number of carbonyl (C=O) groups is 1. The highest BCUT2D eigenvalue weighted by atomic mass is 32.2. The van der Waals surface area contributed by atoms with Gasteiger partial charge in [-0.1, -0.05) is 0 Å². The van der Waals surface area contributed by atoms with Gasteiger partial charge in [0.1, 0.15) is 0 Å². The molecule has 6 heteroatoms. The van der Waals surface area contributed by atoms with Crippen LogP contribution in [0.2, 0.25) is 0 Å². The summed E-state index contributed by atoms with van der Waals surface area (Å²) in [7, 11) is 0. The molecule has 0 aliphatic carbocycles. The Morgan fingerprint density at radius 1 is 1.61 bits per heavy atom. The van der Waals surface area contributed by atoms with Crippen molar-refractivity contribution in [3.8, 4) is 0 Å². The van der Waals surface area contributed by atoms with Crippen LogP contribution in [-0.4, -0.2) is 34.9 Å². The lowest BCUT2D eigenvalue weighted by Crippen LogP contribution is -2.35. The van der Waals surface area contributed by atoms with E-state index in [9.17, 15) is 4.79 Å². The zero-order valence-corrected chi connectivity index (χ0v) is 12.2. The smallest absolute Gasteiger partial charge is 0.246 e. The zero-order valence-electron chi connectivity index (χ0n) is 10.6. The minimum absolute atomic E-state index is 0.108. The number of thioether (sulfide) groups is 1. The van der Waals surface area contributed by atoms with E-state index in [0.717, 1.165) is 41.6 Å². The van der Waals surface area contributed by atoms with Crippen LogP contribution in [0.4, 0.5) is 0 Å². The minimum Gasteiger partial charge on any atom is -0.273 e. The van der Waals surface area contributed by atoms with Crippen molar-refractivity contribution < 1.29 is 9.63 Å². The Labute approximate surface area is 116 Å². The van der Waals surface area contributed by atoms with Gasteiger partial charge >= 0.3 is 0 Å². The molecule has 2 rings (SSSR count). The highest BCUT2D eigenvalue weighted by Gasteiger charge is 2.16. The van der Waals surface area contributed by atoms with E-state index in [0.29, 0.717) is 13.0 Å². The average molecular weight is 286 g/mol. The summed E-state index contributed by atoms with van der Waals surface area (Å²) in [5, 5.41) is 4.71. The van der Waals surface area contributed by atoms with Crippen LogP contribution in [0.5, 0.6) is 0 Å². The Balaban J connectivity index is 1.61. The van der Waals surface area contributed by atoms with Crippen molar-refractivity contribution in [3.05, 3.63) is 16.1 Å². The molecule has 1 aliphatic rings. The summed E-state index contributed by atoms with van der Waals surface area (Å²) in [6.07, 6.45) is 2.66. The normalized spacial score (nSPS) is 15.9. The third kappa shape index (κ3) is 4.26. The van der Waals surface area contributed by atoms with E-state index in [2.05, 4.69) is 10.4 Å². The van der Waals surface area contributed by atoms with E-state index in [4.69, 9.17) is 4.84 Å². The molecule has 1 fully saturated rings. The Kier molecular flexibility index (Phi) is 5.46. The van der Waals surface area contributed by atoms with Crippen molar-refractivity contribution >= 4 is 29.0 Å². The largest absolute Gasteiger partial charge is 0.273 e. The van der Waals surface area contributed by atoms with Crippen LogP contribution in [0.15, 0.2) is 5.38 Å². The van der Waals surface area contributed by atoms with Gasteiger partial charge in [-0.15, -0.1) is 11.3 Å². The minimum atomic E-state index is 0.108. The van der Waals surface area contributed by atoms with Gasteiger partial charge in [0.25, 0.3) is 0 Å². The number of carbonyl (C=O) groups excluding carboxylic acids is 1. The SMILES string of the molecule is Cc1nc(CSCCC(=O)N2CCCCO2)cs1. The lowest BCUT2D eigenvalue weighted by Gasteiger charge is -2.25. The van der Waals surface area contributed by atoms with Gasteiger partial charge in [0, 0.05) is 29.9 Å². The first-order chi connectivity index (χ1) is 8.75. The molecule has 100 valence electrons. The summed E-state index contributed by atoms with van der Waals surface area (Å²) in [5.41, 5.74) is 1.11. The van der Waals surface area contributed by atoms with Gasteiger partial charge in [-0.3, -0.25) is 9.63 Å². The molecule has 0 saturated carbocycles. The predicted molar refractivity (Wildman–Crippen MR) is 74.5 cm³/mol. The second-order valence-corrected chi connectivity index (χ2v) is 6.36. The van der Waals surface area contributed by atoms with Gasteiger partial charge in [0.2, 0.25) is 5.91 Å². The van der Waals surface area contributed by atoms with E-state index in [1.165, 1.54) is 5.06 Å². The molecule has 0 bridgehead atoms. The number of nitrogens with zero attached hydrogens (tertiary/aromatic N) is 2. The molecular formula is C12H18N2O2S2. The number of aromatic nitrogens is 1. The molecule has 1 aliphatic heterocycles. The van der Waals surface area contributed by atoms with Crippen molar-refractivity contribution in [3.63, 3.8) is 0 Å². The number of rotatable bonds is 5. The molecule has 0 N–H and O–H groups in total. The topological polar surface area (TPSA) is 42.4 Å². The maximum atomic E-state index is 11.8. The van der Waals surface area contributed by atoms with Gasteiger partial charge in [0.15, 0.2) is 0 Å². The zero-order chi connectivity index (χ0) is 12.8. The Hall–Kier alpha value is -0.590. The number of hydrogen-bond donors (Lipinski definition) is 0. The second kappa shape index (κ2) is 7.11. The molecule has 0 atom stereocenters. The third-order valence-electron chi connectivity index (χ3n) is 2.66. The Bertz CT molecular complexity index is 389. The number of aryl methyl sites for hydroxylation is 1. The van der Waals surface area contributed by atoms with Crippen molar-refractivity contribution in [2.45, 2.75) is 31.9 Å². The number of hydrogen-bond acceptors (Lipinski definition) is 5. The summed E-state index contributed by atoms with van der Waals surface area (Å²) >= 11 is 3.42. The lowest BCUT2D eigenvalue weighted by molar-refractivity contribution is -0.196. The van der Waals surface area contributed by atoms with Gasteiger partial charge in [-0.2, -0.15) is 11.8 Å². The van der Waals surface area contributed by atoms with Gasteiger partial charge in [-0.05, 0) is 19.8 Å². The van der Waals surface area contributed by atoms with Crippen molar-refractivity contribution in [1.29, 1.82) is 0 Å². The number of thiazole rings is 1. The fraction of sp³-hybridized carbons (Fsp3) is 0.667. The standard InChI is InChI=1S/C12H18N2O2S2/c1-10-13-11(9-18-10)8-17-7-4-12(15)14-5-2-3-6-16-14/h9H,2-8H2,1H3. The van der Waals surface area contributed by atoms with Crippen LogP contribution in [0.1, 0.15) is 30.0 Å². The summed E-state index contributed by atoms with van der Waals surface area (Å²) < 4.78 is 0. The van der Waals surface area contributed by atoms with Crippen LogP contribution in [0, 0.1) is 6.92 Å². The van der Waals surface area contributed by atoms with Crippen LogP contribution in [0.3, 0.4) is 0 Å². The lowest BCUT2D eigenvalue weighted by atomic mass is 10.3. The van der Waals surface area contributed by atoms with Gasteiger partial charge in [-0.25, -0.2) is 10.0 Å². The molecule has 0 radical (unpaired) electrons. The monoisotopic (exact) mass is 286 g/mol. The molecule has 0 spiro atoms. The fourth-order valence-corrected chi connectivity index (χ4v) is 3.27. The maximum absolute atomic E-state index is 11.8. The first-order valence-electron chi connectivity index (χ1n) is 6.18. The highest BCUT2D eigenvalue weighted by molar-refractivity contribution is 7.98. The summed E-state index contributed by atoms with van der Waals surface area (Å²) in [6.45, 7) is 3.43. The quantitative estimate of drug-likeness (QED) is 0.780. The van der Waals surface area contributed by atoms with Crippen LogP contribution in [-0.2, 0) is 15.4 Å². The van der Waals surface area contributed by atoms with Crippen LogP contribution >= 0.6 is 23.1 Å². The second-order valence-electron chi connectivity index (χ2n) is 4.20. The van der Waals surface area contributed by atoms with Crippen molar-refractivity contribution in [2.24, 2.45) is 0 Å². The van der Waals surface area contributed by atoms with Crippen LogP contribution in [0.25, 0.3) is 0 Å². The molecule has 1 aromatic rings. The molecule has 2 heterocycles. The van der Waals surface area contributed by atoms with E-state index in [1.54, 1.807) is 23.1 Å². The van der Waals surface area contributed by atoms with Crippen molar-refractivity contribution in [2.75, 3.05) is 18.9 Å². The van der Waals surface area contributed by atoms with E-state index in [-0.39, 0.29) is 5.91 Å². The van der Waals surface area contributed by atoms with Gasteiger partial charge in [0.05, 0.1) is 17.3 Å². The summed E-state index contributed by atoms with van der Waals surface area (Å²) in [5.74, 6) is 1.82. The maximum Gasteiger partial charge on any atom is 0.246 e. The molecule has 0 unspecified atom stereocenters. The first kappa shape index (κ1) is 13.8. The average Bonchev–Trinajstić information content (AvgIpc) is 2.81. The highest BCUT2D eigenvalue weighted by Crippen LogP contribution is 2.16. The summed E-state index contributed by atoms with van der Waals surface area (Å²) in [6, 6.07) is 0.